The molecule has 11 heteroatoms. The number of hydrogen-bond acceptors (Lipinski definition) is 4. The SMILES string of the molecule is Cc1ccc(S(=O)(=O)N(CC(=O)N(Cc2c(Cl)cccc2Cl)[C@@H](Cc2ccccc2)C(=O)NC2CCCCC2)c2cc(Cl)ccc2C)cc1. The zero-order valence-corrected chi connectivity index (χ0v) is 30.6. The van der Waals surface area contributed by atoms with E-state index in [1.807, 2.05) is 37.3 Å². The monoisotopic (exact) mass is 739 g/mol. The maximum atomic E-state index is 14.8. The Morgan fingerprint density at radius 1 is 0.837 bits per heavy atom. The van der Waals surface area contributed by atoms with Gasteiger partial charge in [-0.05, 0) is 74.2 Å². The first-order chi connectivity index (χ1) is 23.4. The van der Waals surface area contributed by atoms with Crippen LogP contribution in [0.3, 0.4) is 0 Å². The predicted molar refractivity (Wildman–Crippen MR) is 198 cm³/mol. The number of carbonyl (C=O) groups excluding carboxylic acids is 2. The molecule has 258 valence electrons. The largest absolute Gasteiger partial charge is 0.352 e. The second-order valence-electron chi connectivity index (χ2n) is 12.5. The molecule has 1 fully saturated rings. The molecule has 4 aromatic rings. The fourth-order valence-electron chi connectivity index (χ4n) is 6.15. The van der Waals surface area contributed by atoms with E-state index < -0.39 is 28.5 Å². The molecule has 0 bridgehead atoms. The summed E-state index contributed by atoms with van der Waals surface area (Å²) < 4.78 is 29.8. The zero-order valence-electron chi connectivity index (χ0n) is 27.5. The predicted octanol–water partition coefficient (Wildman–Crippen LogP) is 8.55. The highest BCUT2D eigenvalue weighted by Gasteiger charge is 2.36. The molecule has 1 aliphatic rings. The summed E-state index contributed by atoms with van der Waals surface area (Å²) >= 11 is 19.7. The lowest BCUT2D eigenvalue weighted by Gasteiger charge is -2.35. The molecule has 0 spiro atoms. The lowest BCUT2D eigenvalue weighted by atomic mass is 9.94. The topological polar surface area (TPSA) is 86.8 Å². The third-order valence-electron chi connectivity index (χ3n) is 8.94. The quantitative estimate of drug-likeness (QED) is 0.158. The lowest BCUT2D eigenvalue weighted by molar-refractivity contribution is -0.140. The van der Waals surface area contributed by atoms with Crippen molar-refractivity contribution < 1.29 is 18.0 Å². The second kappa shape index (κ2) is 16.4. The molecule has 1 atom stereocenters. The van der Waals surface area contributed by atoms with Gasteiger partial charge >= 0.3 is 0 Å². The molecule has 1 saturated carbocycles. The van der Waals surface area contributed by atoms with E-state index in [1.54, 1.807) is 49.4 Å². The Labute approximate surface area is 304 Å². The van der Waals surface area contributed by atoms with Crippen molar-refractivity contribution in [2.45, 2.75) is 75.9 Å². The van der Waals surface area contributed by atoms with Gasteiger partial charge in [0.15, 0.2) is 0 Å². The van der Waals surface area contributed by atoms with Gasteiger partial charge in [-0.1, -0.05) is 114 Å². The van der Waals surface area contributed by atoms with E-state index >= 15 is 0 Å². The Kier molecular flexibility index (Phi) is 12.3. The van der Waals surface area contributed by atoms with Crippen molar-refractivity contribution in [2.24, 2.45) is 0 Å². The van der Waals surface area contributed by atoms with E-state index in [0.29, 0.717) is 26.2 Å². The highest BCUT2D eigenvalue weighted by molar-refractivity contribution is 7.92. The van der Waals surface area contributed by atoms with Crippen LogP contribution >= 0.6 is 34.8 Å². The van der Waals surface area contributed by atoms with Crippen LogP contribution in [0.15, 0.2) is 95.9 Å². The van der Waals surface area contributed by atoms with Gasteiger partial charge in [-0.15, -0.1) is 0 Å². The first kappa shape index (κ1) is 36.7. The highest BCUT2D eigenvalue weighted by Crippen LogP contribution is 2.32. The van der Waals surface area contributed by atoms with E-state index in [0.717, 1.165) is 47.5 Å². The van der Waals surface area contributed by atoms with Gasteiger partial charge in [0.25, 0.3) is 10.0 Å². The molecule has 1 N–H and O–H groups in total. The van der Waals surface area contributed by atoms with Crippen LogP contribution in [0.4, 0.5) is 5.69 Å². The van der Waals surface area contributed by atoms with E-state index in [1.165, 1.54) is 23.1 Å². The number of nitrogens with one attached hydrogen (secondary N) is 1. The molecule has 0 heterocycles. The van der Waals surface area contributed by atoms with E-state index in [-0.39, 0.29) is 35.5 Å². The summed E-state index contributed by atoms with van der Waals surface area (Å²) in [6, 6.07) is 24.8. The molecule has 7 nitrogen and oxygen atoms in total. The molecular formula is C38H40Cl3N3O4S. The van der Waals surface area contributed by atoms with Gasteiger partial charge in [0, 0.05) is 39.6 Å². The number of halogens is 3. The van der Waals surface area contributed by atoms with Crippen molar-refractivity contribution in [3.05, 3.63) is 128 Å². The maximum absolute atomic E-state index is 14.8. The number of sulfonamides is 1. The Bertz CT molecular complexity index is 1860. The summed E-state index contributed by atoms with van der Waals surface area (Å²) in [4.78, 5) is 30.6. The van der Waals surface area contributed by atoms with Gasteiger partial charge in [-0.2, -0.15) is 0 Å². The van der Waals surface area contributed by atoms with E-state index in [4.69, 9.17) is 34.8 Å². The van der Waals surface area contributed by atoms with Crippen LogP contribution in [0.5, 0.6) is 0 Å². The number of hydrogen-bond donors (Lipinski definition) is 1. The number of benzene rings is 4. The Morgan fingerprint density at radius 2 is 1.49 bits per heavy atom. The normalized spacial score (nSPS) is 14.2. The lowest BCUT2D eigenvalue weighted by Crippen LogP contribution is -2.55. The first-order valence-electron chi connectivity index (χ1n) is 16.4. The number of carbonyl (C=O) groups is 2. The summed E-state index contributed by atoms with van der Waals surface area (Å²) in [5, 5.41) is 4.17. The molecule has 0 aromatic heterocycles. The number of aryl methyl sites for hydroxylation is 2. The fraction of sp³-hybridized carbons (Fsp3) is 0.316. The molecule has 0 saturated heterocycles. The average molecular weight is 741 g/mol. The van der Waals surface area contributed by atoms with Crippen molar-refractivity contribution in [1.29, 1.82) is 0 Å². The van der Waals surface area contributed by atoms with Crippen molar-refractivity contribution >= 4 is 62.3 Å². The van der Waals surface area contributed by atoms with Crippen molar-refractivity contribution in [3.8, 4) is 0 Å². The number of nitrogens with zero attached hydrogens (tertiary/aromatic N) is 2. The molecule has 5 rings (SSSR count). The van der Waals surface area contributed by atoms with Crippen LogP contribution in [-0.2, 0) is 32.6 Å². The summed E-state index contributed by atoms with van der Waals surface area (Å²) in [6.07, 6.45) is 5.03. The minimum absolute atomic E-state index is 0.0156. The third-order valence-corrected chi connectivity index (χ3v) is 11.7. The average Bonchev–Trinajstić information content (AvgIpc) is 3.08. The molecule has 4 aromatic carbocycles. The van der Waals surface area contributed by atoms with Crippen LogP contribution in [-0.4, -0.2) is 43.8 Å². The molecule has 2 amide bonds. The molecule has 0 unspecified atom stereocenters. The van der Waals surface area contributed by atoms with Crippen LogP contribution in [0.1, 0.15) is 54.4 Å². The maximum Gasteiger partial charge on any atom is 0.264 e. The van der Waals surface area contributed by atoms with E-state index in [2.05, 4.69) is 5.32 Å². The summed E-state index contributed by atoms with van der Waals surface area (Å²) in [6.45, 7) is 2.88. The third kappa shape index (κ3) is 9.17. The smallest absolute Gasteiger partial charge is 0.264 e. The van der Waals surface area contributed by atoms with Crippen LogP contribution < -0.4 is 9.62 Å². The summed E-state index contributed by atoms with van der Waals surface area (Å²) in [5.41, 5.74) is 3.03. The molecular weight excluding hydrogens is 701 g/mol. The zero-order chi connectivity index (χ0) is 35.1. The Hall–Kier alpha value is -3.56. The summed E-state index contributed by atoms with van der Waals surface area (Å²) in [7, 11) is -4.28. The standard InChI is InChI=1S/C38H40Cl3N3O4S/c1-26-16-20-31(21-17-26)49(47,48)44(35-23-29(39)19-18-27(35)2)25-37(45)43(24-32-33(40)14-9-15-34(32)41)36(22-28-10-5-3-6-11-28)38(46)42-30-12-7-4-8-13-30/h3,5-6,9-11,14-21,23,30,36H,4,7-8,12-13,22,24-25H2,1-2H3,(H,42,46)/t36-/m0/s1. The van der Waals surface area contributed by atoms with Gasteiger partial charge in [-0.3, -0.25) is 13.9 Å². The van der Waals surface area contributed by atoms with Crippen molar-refractivity contribution in [1.82, 2.24) is 10.2 Å². The Morgan fingerprint density at radius 3 is 2.14 bits per heavy atom. The minimum atomic E-state index is -4.28. The van der Waals surface area contributed by atoms with Gasteiger partial charge in [0.2, 0.25) is 11.8 Å². The van der Waals surface area contributed by atoms with Crippen LogP contribution in [0, 0.1) is 13.8 Å². The number of amides is 2. The molecule has 0 aliphatic heterocycles. The van der Waals surface area contributed by atoms with Crippen molar-refractivity contribution in [3.63, 3.8) is 0 Å². The van der Waals surface area contributed by atoms with Gasteiger partial charge in [0.05, 0.1) is 10.6 Å². The van der Waals surface area contributed by atoms with Crippen molar-refractivity contribution in [2.75, 3.05) is 10.8 Å². The van der Waals surface area contributed by atoms with Gasteiger partial charge in [0.1, 0.15) is 12.6 Å². The van der Waals surface area contributed by atoms with E-state index in [9.17, 15) is 18.0 Å². The van der Waals surface area contributed by atoms with Crippen LogP contribution in [0.25, 0.3) is 0 Å². The van der Waals surface area contributed by atoms with Gasteiger partial charge < -0.3 is 10.2 Å². The minimum Gasteiger partial charge on any atom is -0.352 e. The molecule has 1 aliphatic carbocycles. The fourth-order valence-corrected chi connectivity index (χ4v) is 8.31. The Balaban J connectivity index is 1.61. The second-order valence-corrected chi connectivity index (χ2v) is 15.6. The first-order valence-corrected chi connectivity index (χ1v) is 18.9. The molecule has 49 heavy (non-hydrogen) atoms. The number of anilines is 1. The highest BCUT2D eigenvalue weighted by atomic mass is 35.5. The van der Waals surface area contributed by atoms with Crippen LogP contribution in [0.2, 0.25) is 15.1 Å². The van der Waals surface area contributed by atoms with Gasteiger partial charge in [-0.25, -0.2) is 8.42 Å². The number of rotatable bonds is 12. The summed E-state index contributed by atoms with van der Waals surface area (Å²) in [5.74, 6) is -0.926. The molecule has 0 radical (unpaired) electrons.